The van der Waals surface area contributed by atoms with Gasteiger partial charge in [-0.25, -0.2) is 0 Å². The van der Waals surface area contributed by atoms with Crippen LogP contribution in [-0.4, -0.2) is 18.7 Å². The number of aromatic amines is 1. The molecule has 0 bridgehead atoms. The zero-order valence-corrected chi connectivity index (χ0v) is 17.0. The number of nitrogens with zero attached hydrogens (tertiary/aromatic N) is 1. The van der Waals surface area contributed by atoms with Gasteiger partial charge < -0.3 is 9.72 Å². The molecule has 146 valence electrons. The van der Waals surface area contributed by atoms with E-state index in [-0.39, 0.29) is 5.56 Å². The molecule has 0 radical (unpaired) electrons. The summed E-state index contributed by atoms with van der Waals surface area (Å²) in [5.41, 5.74) is 3.53. The molecule has 1 heterocycles. The highest BCUT2D eigenvalue weighted by molar-refractivity contribution is 5.80. The minimum Gasteiger partial charge on any atom is -0.372 e. The fourth-order valence-electron chi connectivity index (χ4n) is 3.44. The van der Waals surface area contributed by atoms with Crippen molar-refractivity contribution < 1.29 is 4.74 Å². The molecule has 4 nitrogen and oxygen atoms in total. The van der Waals surface area contributed by atoms with E-state index in [1.54, 1.807) is 7.11 Å². The number of ether oxygens (including phenoxy) is 1. The second kappa shape index (κ2) is 8.78. The highest BCUT2D eigenvalue weighted by Gasteiger charge is 2.27. The molecule has 0 spiro atoms. The summed E-state index contributed by atoms with van der Waals surface area (Å²) in [6, 6.07) is 18.2. The maximum atomic E-state index is 12.2. The van der Waals surface area contributed by atoms with Gasteiger partial charge in [0.1, 0.15) is 6.61 Å². The quantitative estimate of drug-likeness (QED) is 0.673. The number of fused-ring (bicyclic) bond motifs is 1. The van der Waals surface area contributed by atoms with Crippen molar-refractivity contribution in [2.45, 2.75) is 32.1 Å². The lowest BCUT2D eigenvalue weighted by atomic mass is 9.78. The topological polar surface area (TPSA) is 65.9 Å². The second-order valence-electron chi connectivity index (χ2n) is 7.34. The average molecular weight is 384 g/mol. The Kier molecular flexibility index (Phi) is 6.17. The summed E-state index contributed by atoms with van der Waals surface area (Å²) >= 11 is 0. The van der Waals surface area contributed by atoms with Crippen LogP contribution < -0.4 is 5.56 Å². The van der Waals surface area contributed by atoms with Crippen molar-refractivity contribution in [3.8, 4) is 17.9 Å². The van der Waals surface area contributed by atoms with Crippen LogP contribution in [-0.2, 0) is 23.0 Å². The Hall–Kier alpha value is -3.34. The first-order chi connectivity index (χ1) is 14.0. The molecule has 0 saturated carbocycles. The van der Waals surface area contributed by atoms with Crippen molar-refractivity contribution in [2.24, 2.45) is 0 Å². The predicted molar refractivity (Wildman–Crippen MR) is 116 cm³/mol. The summed E-state index contributed by atoms with van der Waals surface area (Å²) in [6.45, 7) is 4.27. The van der Waals surface area contributed by atoms with Crippen molar-refractivity contribution in [3.05, 3.63) is 81.1 Å². The number of aryl methyl sites for hydroxylation is 1. The normalized spacial score (nSPS) is 12.6. The number of pyridine rings is 1. The minimum absolute atomic E-state index is 0.0712. The highest BCUT2D eigenvalue weighted by atomic mass is 16.5. The lowest BCUT2D eigenvalue weighted by molar-refractivity contribution is 0.240. The SMILES string of the molecule is CCc1cc2ccc(C(C)(C#N)Cc3cccc(C#CCOC)c3)cc2[nH]c1=O. The van der Waals surface area contributed by atoms with Crippen LogP contribution in [0, 0.1) is 23.2 Å². The number of methoxy groups -OCH3 is 1. The van der Waals surface area contributed by atoms with Gasteiger partial charge >= 0.3 is 0 Å². The molecule has 0 aliphatic carbocycles. The molecule has 1 atom stereocenters. The predicted octanol–water partition coefficient (Wildman–Crippen LogP) is 4.11. The van der Waals surface area contributed by atoms with E-state index < -0.39 is 5.41 Å². The average Bonchev–Trinajstić information content (AvgIpc) is 2.73. The van der Waals surface area contributed by atoms with E-state index in [4.69, 9.17) is 4.74 Å². The van der Waals surface area contributed by atoms with E-state index in [1.165, 1.54) is 0 Å². The van der Waals surface area contributed by atoms with Crippen LogP contribution in [0.5, 0.6) is 0 Å². The van der Waals surface area contributed by atoms with Gasteiger partial charge in [-0.3, -0.25) is 4.79 Å². The fourth-order valence-corrected chi connectivity index (χ4v) is 3.44. The number of H-pyrrole nitrogens is 1. The van der Waals surface area contributed by atoms with Gasteiger partial charge in [0, 0.05) is 23.8 Å². The van der Waals surface area contributed by atoms with Crippen LogP contribution >= 0.6 is 0 Å². The minimum atomic E-state index is -0.729. The van der Waals surface area contributed by atoms with Gasteiger partial charge in [0.05, 0.1) is 11.5 Å². The third-order valence-electron chi connectivity index (χ3n) is 5.12. The summed E-state index contributed by atoms with van der Waals surface area (Å²) in [6.07, 6.45) is 1.23. The van der Waals surface area contributed by atoms with Gasteiger partial charge in [0.15, 0.2) is 0 Å². The standard InChI is InChI=1S/C25H24N2O2/c1-4-20-14-21-10-11-22(15-23(21)27-24(20)28)25(2,17-26)16-19-8-5-7-18(13-19)9-6-12-29-3/h5,7-8,10-11,13-15H,4,12,16H2,1-3H3,(H,27,28). The largest absolute Gasteiger partial charge is 0.372 e. The Morgan fingerprint density at radius 3 is 2.72 bits per heavy atom. The molecular weight excluding hydrogens is 360 g/mol. The van der Waals surface area contributed by atoms with E-state index in [1.807, 2.05) is 62.4 Å². The van der Waals surface area contributed by atoms with Gasteiger partial charge in [-0.2, -0.15) is 5.26 Å². The number of hydrogen-bond donors (Lipinski definition) is 1. The monoisotopic (exact) mass is 384 g/mol. The van der Waals surface area contributed by atoms with Gasteiger partial charge in [-0.05, 0) is 60.5 Å². The molecule has 4 heteroatoms. The molecule has 3 aromatic rings. The Morgan fingerprint density at radius 2 is 2.00 bits per heavy atom. The molecule has 0 saturated heterocycles. The second-order valence-corrected chi connectivity index (χ2v) is 7.34. The Morgan fingerprint density at radius 1 is 1.17 bits per heavy atom. The number of hydrogen-bond acceptors (Lipinski definition) is 3. The first-order valence-electron chi connectivity index (χ1n) is 9.63. The van der Waals surface area contributed by atoms with E-state index in [0.29, 0.717) is 19.4 Å². The van der Waals surface area contributed by atoms with Gasteiger partial charge in [-0.1, -0.05) is 43.0 Å². The Balaban J connectivity index is 1.96. The van der Waals surface area contributed by atoms with E-state index in [0.717, 1.165) is 33.2 Å². The van der Waals surface area contributed by atoms with Crippen LogP contribution in [0.15, 0.2) is 53.3 Å². The molecular formula is C25H24N2O2. The molecule has 1 N–H and O–H groups in total. The molecule has 3 rings (SSSR count). The third-order valence-corrected chi connectivity index (χ3v) is 5.12. The fraction of sp³-hybridized carbons (Fsp3) is 0.280. The number of benzene rings is 2. The molecule has 2 aromatic carbocycles. The van der Waals surface area contributed by atoms with E-state index in [9.17, 15) is 10.1 Å². The van der Waals surface area contributed by atoms with Crippen molar-refractivity contribution in [3.63, 3.8) is 0 Å². The summed E-state index contributed by atoms with van der Waals surface area (Å²) in [5.74, 6) is 6.02. The van der Waals surface area contributed by atoms with Crippen molar-refractivity contribution in [1.82, 2.24) is 4.98 Å². The molecule has 1 unspecified atom stereocenters. The number of nitrogens with one attached hydrogen (secondary N) is 1. The van der Waals surface area contributed by atoms with Gasteiger partial charge in [-0.15, -0.1) is 0 Å². The Labute approximate surface area is 171 Å². The summed E-state index contributed by atoms with van der Waals surface area (Å²) < 4.78 is 4.97. The summed E-state index contributed by atoms with van der Waals surface area (Å²) in [4.78, 5) is 15.1. The molecule has 0 fully saturated rings. The van der Waals surface area contributed by atoms with Crippen LogP contribution in [0.2, 0.25) is 0 Å². The number of nitriles is 1. The van der Waals surface area contributed by atoms with Crippen LogP contribution in [0.3, 0.4) is 0 Å². The molecule has 1 aromatic heterocycles. The Bertz CT molecular complexity index is 1190. The van der Waals surface area contributed by atoms with E-state index >= 15 is 0 Å². The van der Waals surface area contributed by atoms with E-state index in [2.05, 4.69) is 22.9 Å². The first-order valence-corrected chi connectivity index (χ1v) is 9.63. The lowest BCUT2D eigenvalue weighted by Gasteiger charge is -2.23. The van der Waals surface area contributed by atoms with Crippen molar-refractivity contribution >= 4 is 10.9 Å². The third kappa shape index (κ3) is 4.57. The molecule has 0 aliphatic rings. The summed E-state index contributed by atoms with van der Waals surface area (Å²) in [5, 5.41) is 11.0. The number of rotatable bonds is 5. The van der Waals surface area contributed by atoms with Crippen molar-refractivity contribution in [1.29, 1.82) is 5.26 Å². The van der Waals surface area contributed by atoms with Crippen LogP contribution in [0.4, 0.5) is 0 Å². The van der Waals surface area contributed by atoms with Crippen LogP contribution in [0.1, 0.15) is 36.1 Å². The zero-order valence-electron chi connectivity index (χ0n) is 17.0. The molecule has 0 amide bonds. The molecule has 0 aliphatic heterocycles. The number of aromatic nitrogens is 1. The molecule has 29 heavy (non-hydrogen) atoms. The van der Waals surface area contributed by atoms with Gasteiger partial charge in [0.25, 0.3) is 5.56 Å². The first kappa shape index (κ1) is 20.4. The highest BCUT2D eigenvalue weighted by Crippen LogP contribution is 2.30. The van der Waals surface area contributed by atoms with Crippen molar-refractivity contribution in [2.75, 3.05) is 13.7 Å². The lowest BCUT2D eigenvalue weighted by Crippen LogP contribution is -2.23. The van der Waals surface area contributed by atoms with Gasteiger partial charge in [0.2, 0.25) is 0 Å². The smallest absolute Gasteiger partial charge is 0.251 e. The summed E-state index contributed by atoms with van der Waals surface area (Å²) in [7, 11) is 1.61. The van der Waals surface area contributed by atoms with Crippen LogP contribution in [0.25, 0.3) is 10.9 Å². The zero-order chi connectivity index (χ0) is 20.9. The maximum absolute atomic E-state index is 12.2. The maximum Gasteiger partial charge on any atom is 0.251 e.